The second kappa shape index (κ2) is 19.7. The van der Waals surface area contributed by atoms with Gasteiger partial charge < -0.3 is 54.6 Å². The fourth-order valence-electron chi connectivity index (χ4n) is 8.37. The number of aromatic hydroxyl groups is 3. The number of aliphatic hydroxyl groups is 2. The molecule has 9 atom stereocenters. The second-order valence-electron chi connectivity index (χ2n) is 16.6. The summed E-state index contributed by atoms with van der Waals surface area (Å²) in [6.07, 6.45) is 7.96. The molecule has 2 aromatic rings. The highest BCUT2D eigenvalue weighted by Gasteiger charge is 2.50. The molecule has 4 aliphatic rings. The van der Waals surface area contributed by atoms with Crippen LogP contribution >= 0.6 is 0 Å². The van der Waals surface area contributed by atoms with Crippen LogP contribution in [0.3, 0.4) is 0 Å². The third kappa shape index (κ3) is 9.82. The third-order valence-electron chi connectivity index (χ3n) is 12.2. The Labute approximate surface area is 356 Å². The number of benzene rings is 2. The lowest BCUT2D eigenvalue weighted by Crippen LogP contribution is -2.46. The van der Waals surface area contributed by atoms with Gasteiger partial charge in [0.15, 0.2) is 5.75 Å². The number of allylic oxidation sites excluding steroid dienone is 2. The van der Waals surface area contributed by atoms with E-state index in [1.54, 1.807) is 39.8 Å². The Morgan fingerprint density at radius 2 is 1.66 bits per heavy atom. The SMILES string of the molecule is COC1/C=C\OC2(C)Oc3c(C)c(O)c4c(O)c(c(/C=N/OCCN5CCCCC5)c(O)c4c3C2=O)NC(=O)/C(C)=C\C=C/C(C)C(O)C(C)C(O)C(C)C(OC(C)=O)C1C. The number of amides is 1. The van der Waals surface area contributed by atoms with Crippen LogP contribution in [0.2, 0.25) is 0 Å². The average molecular weight is 852 g/mol. The van der Waals surface area contributed by atoms with E-state index in [2.05, 4.69) is 15.4 Å². The van der Waals surface area contributed by atoms with Crippen LogP contribution in [0.5, 0.6) is 23.0 Å². The number of oxime groups is 1. The topological polar surface area (TPSA) is 226 Å². The number of likely N-dealkylation sites (tertiary alicyclic amines) is 1. The van der Waals surface area contributed by atoms with Crippen LogP contribution in [0, 0.1) is 30.6 Å². The molecule has 0 saturated carbocycles. The molecule has 0 spiro atoms. The molecule has 6 N–H and O–H groups in total. The number of ketones is 1. The summed E-state index contributed by atoms with van der Waals surface area (Å²) in [4.78, 5) is 48.3. The maximum atomic E-state index is 14.4. The number of hydrogen-bond donors (Lipinski definition) is 6. The Balaban J connectivity index is 1.65. The number of hydrogen-bond acceptors (Lipinski definition) is 15. The van der Waals surface area contributed by atoms with Crippen LogP contribution in [0.1, 0.15) is 89.2 Å². The molecule has 1 fully saturated rings. The van der Waals surface area contributed by atoms with Crippen molar-refractivity contribution in [3.8, 4) is 23.0 Å². The lowest BCUT2D eigenvalue weighted by atomic mass is 9.78. The maximum Gasteiger partial charge on any atom is 0.312 e. The Hall–Kier alpha value is -5.16. The minimum Gasteiger partial charge on any atom is -0.507 e. The Kier molecular flexibility index (Phi) is 15.1. The van der Waals surface area contributed by atoms with E-state index in [0.717, 1.165) is 32.1 Å². The number of Topliss-reactive ketones (excluding diaryl/α,β-unsaturated/α-hetero) is 1. The van der Waals surface area contributed by atoms with Crippen molar-refractivity contribution in [2.24, 2.45) is 28.8 Å². The number of piperidine rings is 1. The normalized spacial score (nSPS) is 31.3. The zero-order chi connectivity index (χ0) is 44.9. The Bertz CT molecular complexity index is 2090. The van der Waals surface area contributed by atoms with Crippen molar-refractivity contribution in [3.63, 3.8) is 0 Å². The van der Waals surface area contributed by atoms with E-state index >= 15 is 0 Å². The van der Waals surface area contributed by atoms with E-state index in [4.69, 9.17) is 23.8 Å². The lowest BCUT2D eigenvalue weighted by Gasteiger charge is -2.38. The molecular weight excluding hydrogens is 791 g/mol. The first-order valence-electron chi connectivity index (χ1n) is 20.8. The van der Waals surface area contributed by atoms with Gasteiger partial charge in [-0.3, -0.25) is 19.3 Å². The van der Waals surface area contributed by atoms with Crippen molar-refractivity contribution in [1.82, 2.24) is 4.90 Å². The minimum atomic E-state index is -2.06. The molecule has 16 nitrogen and oxygen atoms in total. The summed E-state index contributed by atoms with van der Waals surface area (Å²) in [6, 6.07) is 0. The predicted octanol–water partition coefficient (Wildman–Crippen LogP) is 5.59. The van der Waals surface area contributed by atoms with Crippen molar-refractivity contribution >= 4 is 40.3 Å². The summed E-state index contributed by atoms with van der Waals surface area (Å²) in [7, 11) is 1.43. The number of esters is 1. The molecular formula is C45H61N3O13. The number of nitrogens with one attached hydrogen (secondary N) is 1. The van der Waals surface area contributed by atoms with Gasteiger partial charge in [0.05, 0.1) is 53.0 Å². The van der Waals surface area contributed by atoms with E-state index in [-0.39, 0.29) is 51.1 Å². The quantitative estimate of drug-likeness (QED) is 0.0499. The lowest BCUT2D eigenvalue weighted by molar-refractivity contribution is -0.160. The number of anilines is 1. The molecule has 2 aromatic carbocycles. The predicted molar refractivity (Wildman–Crippen MR) is 228 cm³/mol. The Morgan fingerprint density at radius 3 is 2.31 bits per heavy atom. The summed E-state index contributed by atoms with van der Waals surface area (Å²) in [5.74, 6) is -8.57. The number of rotatable bonds is 7. The third-order valence-corrected chi connectivity index (χ3v) is 12.2. The van der Waals surface area contributed by atoms with E-state index < -0.39 is 88.8 Å². The molecule has 4 aliphatic heterocycles. The zero-order valence-corrected chi connectivity index (χ0v) is 36.4. The fourth-order valence-corrected chi connectivity index (χ4v) is 8.37. The van der Waals surface area contributed by atoms with Gasteiger partial charge in [0.25, 0.3) is 11.7 Å². The van der Waals surface area contributed by atoms with Crippen LogP contribution in [0.25, 0.3) is 10.8 Å². The number of fused-ring (bicyclic) bond motifs is 14. The highest BCUT2D eigenvalue weighted by Crippen LogP contribution is 2.55. The second-order valence-corrected chi connectivity index (χ2v) is 16.6. The molecule has 61 heavy (non-hydrogen) atoms. The van der Waals surface area contributed by atoms with Gasteiger partial charge in [-0.05, 0) is 45.9 Å². The van der Waals surface area contributed by atoms with Crippen molar-refractivity contribution in [2.75, 3.05) is 38.7 Å². The number of carbonyl (C=O) groups excluding carboxylic acids is 3. The number of phenolic OH excluding ortho intramolecular Hbond substituents is 3. The average Bonchev–Trinajstić information content (AvgIpc) is 3.50. The van der Waals surface area contributed by atoms with E-state index in [1.807, 2.05) is 0 Å². The van der Waals surface area contributed by atoms with Crippen LogP contribution in [0.4, 0.5) is 5.69 Å². The summed E-state index contributed by atoms with van der Waals surface area (Å²) < 4.78 is 23.6. The summed E-state index contributed by atoms with van der Waals surface area (Å²) >= 11 is 0. The first-order valence-corrected chi connectivity index (χ1v) is 20.8. The van der Waals surface area contributed by atoms with E-state index in [1.165, 1.54) is 59.6 Å². The van der Waals surface area contributed by atoms with Gasteiger partial charge in [-0.15, -0.1) is 0 Å². The molecule has 1 saturated heterocycles. The number of ether oxygens (including phenoxy) is 4. The highest BCUT2D eigenvalue weighted by molar-refractivity contribution is 6.23. The largest absolute Gasteiger partial charge is 0.507 e. The van der Waals surface area contributed by atoms with Crippen molar-refractivity contribution in [2.45, 2.75) is 105 Å². The fraction of sp³-hybridized carbons (Fsp3) is 0.556. The number of methoxy groups -OCH3 is 1. The van der Waals surface area contributed by atoms with Gasteiger partial charge in [0.2, 0.25) is 0 Å². The van der Waals surface area contributed by atoms with Crippen molar-refractivity contribution < 1.29 is 63.7 Å². The van der Waals surface area contributed by atoms with Crippen LogP contribution < -0.4 is 10.1 Å². The Morgan fingerprint density at radius 1 is 0.967 bits per heavy atom. The van der Waals surface area contributed by atoms with Gasteiger partial charge in [-0.25, -0.2) is 0 Å². The number of aliphatic hydroxyl groups excluding tert-OH is 2. The van der Waals surface area contributed by atoms with Crippen LogP contribution in [-0.2, 0) is 28.6 Å². The maximum absolute atomic E-state index is 14.4. The highest BCUT2D eigenvalue weighted by atomic mass is 16.7. The monoisotopic (exact) mass is 851 g/mol. The molecule has 1 amide bonds. The van der Waals surface area contributed by atoms with Gasteiger partial charge in [0, 0.05) is 67.7 Å². The summed E-state index contributed by atoms with van der Waals surface area (Å²) in [6.45, 7) is 15.2. The van der Waals surface area contributed by atoms with Gasteiger partial charge >= 0.3 is 11.8 Å². The molecule has 9 unspecified atom stereocenters. The van der Waals surface area contributed by atoms with Gasteiger partial charge in [-0.1, -0.05) is 57.5 Å². The van der Waals surface area contributed by atoms with Gasteiger partial charge in [-0.2, -0.15) is 0 Å². The molecule has 0 aliphatic carbocycles. The van der Waals surface area contributed by atoms with Gasteiger partial charge in [0.1, 0.15) is 30.0 Å². The molecule has 0 aromatic heterocycles. The molecule has 4 heterocycles. The summed E-state index contributed by atoms with van der Waals surface area (Å²) in [5, 5.41) is 64.4. The molecule has 5 bridgehead atoms. The van der Waals surface area contributed by atoms with Crippen LogP contribution in [0.15, 0.2) is 41.3 Å². The smallest absolute Gasteiger partial charge is 0.312 e. The molecule has 334 valence electrons. The summed E-state index contributed by atoms with van der Waals surface area (Å²) in [5.41, 5.74) is -0.555. The minimum absolute atomic E-state index is 0.0408. The zero-order valence-electron chi connectivity index (χ0n) is 36.4. The molecule has 6 rings (SSSR count). The standard InChI is InChI=1S/C45H61N3O13/c1-23-14-13-15-24(2)44(56)47-35-30(22-46-59-21-19-48-17-11-10-12-18-48)39(53)32-33(40(35)54)38(52)28(6)42-34(32)43(55)45(8,61-42)58-20-16-31(57-9)25(3)41(60-29(7)49)27(5)37(51)26(4)36(23)50/h13-16,20,22-23,25-27,31,36-37,41,50-54H,10-12,17-19,21H2,1-9H3,(H,47,56)/b14-13-,20-16-,24-15-,46-22+. The van der Waals surface area contributed by atoms with Crippen molar-refractivity contribution in [3.05, 3.63) is 52.8 Å². The first kappa shape index (κ1) is 46.9. The number of nitrogens with zero attached hydrogens (tertiary/aromatic N) is 2. The van der Waals surface area contributed by atoms with Crippen LogP contribution in [-0.4, -0.2) is 118 Å². The first-order chi connectivity index (χ1) is 28.8. The molecule has 16 heteroatoms. The van der Waals surface area contributed by atoms with Crippen molar-refractivity contribution in [1.29, 1.82) is 0 Å². The number of phenols is 3. The van der Waals surface area contributed by atoms with E-state index in [0.29, 0.717) is 6.54 Å². The van der Waals surface area contributed by atoms with E-state index in [9.17, 15) is 39.9 Å². The number of carbonyl (C=O) groups is 3. The molecule has 0 radical (unpaired) electrons.